The van der Waals surface area contributed by atoms with Gasteiger partial charge >= 0.3 is 0 Å². The highest BCUT2D eigenvalue weighted by atomic mass is 32.2. The molecule has 0 bridgehead atoms. The van der Waals surface area contributed by atoms with Gasteiger partial charge in [-0.2, -0.15) is 0 Å². The van der Waals surface area contributed by atoms with Gasteiger partial charge in [-0.25, -0.2) is 0 Å². The molecule has 1 aliphatic rings. The van der Waals surface area contributed by atoms with Crippen LogP contribution in [-0.4, -0.2) is 22.7 Å². The molecule has 1 nitrogen and oxygen atoms in total. The Bertz CT molecular complexity index is 172. The summed E-state index contributed by atoms with van der Waals surface area (Å²) in [6, 6.07) is 0. The van der Waals surface area contributed by atoms with Crippen molar-refractivity contribution in [2.45, 2.75) is 32.8 Å². The first-order chi connectivity index (χ1) is 6.24. The summed E-state index contributed by atoms with van der Waals surface area (Å²) < 4.78 is 1.41. The maximum Gasteiger partial charge on any atom is 0.0598 e. The van der Waals surface area contributed by atoms with Crippen molar-refractivity contribution in [3.63, 3.8) is 0 Å². The molecule has 1 rings (SSSR count). The average Bonchev–Trinajstić information content (AvgIpc) is 2.18. The summed E-state index contributed by atoms with van der Waals surface area (Å²) in [5.74, 6) is 2.79. The molecule has 13 heavy (non-hydrogen) atoms. The molecule has 0 aromatic heterocycles. The van der Waals surface area contributed by atoms with Crippen molar-refractivity contribution in [1.82, 2.24) is 0 Å². The van der Waals surface area contributed by atoms with Crippen LogP contribution in [0.2, 0.25) is 0 Å². The summed E-state index contributed by atoms with van der Waals surface area (Å²) in [6.07, 6.45) is 4.22. The van der Waals surface area contributed by atoms with Crippen LogP contribution < -0.4 is 0 Å². The highest BCUT2D eigenvalue weighted by Crippen LogP contribution is 2.35. The predicted molar refractivity (Wildman–Crippen MR) is 63.1 cm³/mol. The normalized spacial score (nSPS) is 22.5. The molecule has 1 fully saturated rings. The van der Waals surface area contributed by atoms with Gasteiger partial charge in [0.05, 0.1) is 6.10 Å². The lowest BCUT2D eigenvalue weighted by atomic mass is 10.0. The fraction of sp³-hybridized carbons (Fsp3) is 0.800. The van der Waals surface area contributed by atoms with Gasteiger partial charge in [-0.15, -0.1) is 23.5 Å². The molecule has 1 aliphatic heterocycles. The Labute approximate surface area is 89.4 Å². The largest absolute Gasteiger partial charge is 0.393 e. The molecule has 0 spiro atoms. The van der Waals surface area contributed by atoms with Crippen molar-refractivity contribution in [1.29, 1.82) is 0 Å². The van der Waals surface area contributed by atoms with E-state index in [0.717, 1.165) is 6.42 Å². The van der Waals surface area contributed by atoms with E-state index in [2.05, 4.69) is 13.0 Å². The highest BCUT2D eigenvalue weighted by Gasteiger charge is 2.12. The Hall–Kier alpha value is 0.400. The van der Waals surface area contributed by atoms with Gasteiger partial charge in [-0.1, -0.05) is 19.9 Å². The molecule has 0 aliphatic carbocycles. The van der Waals surface area contributed by atoms with Crippen LogP contribution in [0, 0.1) is 5.92 Å². The first-order valence-electron chi connectivity index (χ1n) is 4.89. The Morgan fingerprint density at radius 2 is 2.08 bits per heavy atom. The van der Waals surface area contributed by atoms with Gasteiger partial charge in [0.1, 0.15) is 0 Å². The smallest absolute Gasteiger partial charge is 0.0598 e. The summed E-state index contributed by atoms with van der Waals surface area (Å²) in [5, 5.41) is 9.59. The maximum absolute atomic E-state index is 9.59. The van der Waals surface area contributed by atoms with E-state index in [1.165, 1.54) is 22.2 Å². The number of hydrogen-bond acceptors (Lipinski definition) is 3. The van der Waals surface area contributed by atoms with Gasteiger partial charge in [-0.05, 0) is 24.3 Å². The van der Waals surface area contributed by atoms with E-state index in [-0.39, 0.29) is 6.10 Å². The third-order valence-corrected chi connectivity index (χ3v) is 4.74. The molecule has 76 valence electrons. The summed E-state index contributed by atoms with van der Waals surface area (Å²) >= 11 is 3.86. The first kappa shape index (κ1) is 11.5. The molecule has 2 atom stereocenters. The summed E-state index contributed by atoms with van der Waals surface area (Å²) in [4.78, 5) is 0. The lowest BCUT2D eigenvalue weighted by Gasteiger charge is -2.17. The quantitative estimate of drug-likeness (QED) is 0.786. The van der Waals surface area contributed by atoms with E-state index in [1.807, 2.05) is 30.4 Å². The molecule has 0 aromatic rings. The Balaban J connectivity index is 2.42. The van der Waals surface area contributed by atoms with Gasteiger partial charge in [0.2, 0.25) is 0 Å². The highest BCUT2D eigenvalue weighted by molar-refractivity contribution is 8.22. The molecular formula is C10H18OS2. The molecule has 3 heteroatoms. The number of thioether (sulfide) groups is 2. The van der Waals surface area contributed by atoms with Crippen LogP contribution in [0.1, 0.15) is 26.7 Å². The molecule has 0 aromatic carbocycles. The van der Waals surface area contributed by atoms with Crippen LogP contribution in [0.15, 0.2) is 10.3 Å². The minimum atomic E-state index is -0.171. The number of rotatable bonds is 3. The van der Waals surface area contributed by atoms with Crippen molar-refractivity contribution in [3.8, 4) is 0 Å². The molecule has 0 unspecified atom stereocenters. The minimum absolute atomic E-state index is 0.171. The summed E-state index contributed by atoms with van der Waals surface area (Å²) in [5.41, 5.74) is 0. The minimum Gasteiger partial charge on any atom is -0.393 e. The second kappa shape index (κ2) is 5.99. The van der Waals surface area contributed by atoms with Crippen molar-refractivity contribution >= 4 is 23.5 Å². The second-order valence-corrected chi connectivity index (χ2v) is 5.90. The van der Waals surface area contributed by atoms with E-state index in [9.17, 15) is 5.11 Å². The van der Waals surface area contributed by atoms with E-state index in [0.29, 0.717) is 5.92 Å². The molecule has 0 amide bonds. The van der Waals surface area contributed by atoms with Crippen LogP contribution in [0.5, 0.6) is 0 Å². The van der Waals surface area contributed by atoms with Gasteiger partial charge in [-0.3, -0.25) is 0 Å². The number of aliphatic hydroxyl groups excluding tert-OH is 1. The molecule has 0 saturated carbocycles. The van der Waals surface area contributed by atoms with Crippen molar-refractivity contribution in [2.75, 3.05) is 11.5 Å². The maximum atomic E-state index is 9.59. The van der Waals surface area contributed by atoms with Crippen LogP contribution in [0.4, 0.5) is 0 Å². The van der Waals surface area contributed by atoms with Gasteiger partial charge in [0.15, 0.2) is 0 Å². The lowest BCUT2D eigenvalue weighted by molar-refractivity contribution is 0.134. The first-order valence-corrected chi connectivity index (χ1v) is 6.86. The predicted octanol–water partition coefficient (Wildman–Crippen LogP) is 3.10. The third-order valence-electron chi connectivity index (χ3n) is 2.20. The molecule has 1 N–H and O–H groups in total. The second-order valence-electron chi connectivity index (χ2n) is 3.37. The number of hydrogen-bond donors (Lipinski definition) is 1. The van der Waals surface area contributed by atoms with Crippen LogP contribution in [0.3, 0.4) is 0 Å². The molecule has 1 heterocycles. The zero-order valence-corrected chi connectivity index (χ0v) is 9.96. The van der Waals surface area contributed by atoms with E-state index in [4.69, 9.17) is 0 Å². The topological polar surface area (TPSA) is 20.2 Å². The Kier molecular flexibility index (Phi) is 5.29. The van der Waals surface area contributed by atoms with Gasteiger partial charge < -0.3 is 5.11 Å². The monoisotopic (exact) mass is 218 g/mol. The van der Waals surface area contributed by atoms with Crippen molar-refractivity contribution in [2.24, 2.45) is 5.92 Å². The van der Waals surface area contributed by atoms with E-state index < -0.39 is 0 Å². The molecular weight excluding hydrogens is 200 g/mol. The van der Waals surface area contributed by atoms with Crippen molar-refractivity contribution in [3.05, 3.63) is 10.3 Å². The van der Waals surface area contributed by atoms with Crippen LogP contribution in [0.25, 0.3) is 0 Å². The molecule has 0 radical (unpaired) electrons. The zero-order chi connectivity index (χ0) is 9.68. The van der Waals surface area contributed by atoms with Gasteiger partial charge in [0.25, 0.3) is 0 Å². The van der Waals surface area contributed by atoms with Crippen molar-refractivity contribution < 1.29 is 5.11 Å². The fourth-order valence-corrected chi connectivity index (χ4v) is 3.86. The average molecular weight is 218 g/mol. The van der Waals surface area contributed by atoms with E-state index >= 15 is 0 Å². The standard InChI is InChI=1S/C10H18OS2/c1-3-9(11)8(2)7-10-12-5-4-6-13-10/h7-9,11H,3-6H2,1-2H3/t8-,9-/m1/s1. The lowest BCUT2D eigenvalue weighted by Crippen LogP contribution is -2.14. The van der Waals surface area contributed by atoms with Crippen LogP contribution >= 0.6 is 23.5 Å². The summed E-state index contributed by atoms with van der Waals surface area (Å²) in [7, 11) is 0. The molecule has 1 saturated heterocycles. The Morgan fingerprint density at radius 1 is 1.46 bits per heavy atom. The third kappa shape index (κ3) is 3.96. The fourth-order valence-electron chi connectivity index (χ4n) is 1.24. The number of aliphatic hydroxyl groups is 1. The van der Waals surface area contributed by atoms with E-state index in [1.54, 1.807) is 0 Å². The summed E-state index contributed by atoms with van der Waals surface area (Å²) in [6.45, 7) is 4.12. The van der Waals surface area contributed by atoms with Gasteiger partial charge in [0, 0.05) is 10.2 Å². The Morgan fingerprint density at radius 3 is 2.62 bits per heavy atom. The SMILES string of the molecule is CC[C@@H](O)[C@H](C)C=C1SCCCS1. The van der Waals surface area contributed by atoms with Crippen LogP contribution in [-0.2, 0) is 0 Å². The zero-order valence-electron chi connectivity index (χ0n) is 8.32.